The third-order valence-corrected chi connectivity index (χ3v) is 3.20. The number of nitrogens with two attached hydrogens (primary N) is 1. The van der Waals surface area contributed by atoms with Crippen LogP contribution in [0.15, 0.2) is 0 Å². The van der Waals surface area contributed by atoms with Gasteiger partial charge < -0.3 is 16.2 Å². The molecule has 5 heteroatoms. The average Bonchev–Trinajstić information content (AvgIpc) is 2.20. The smallest absolute Gasteiger partial charge is 0.236 e. The van der Waals surface area contributed by atoms with E-state index in [1.807, 2.05) is 20.1 Å². The molecule has 4 nitrogen and oxygen atoms in total. The Morgan fingerprint density at radius 1 is 1.53 bits per heavy atom. The Labute approximate surface area is 109 Å². The van der Waals surface area contributed by atoms with Crippen molar-refractivity contribution >= 4 is 17.7 Å². The topological polar surface area (TPSA) is 75.4 Å². The second-order valence-electron chi connectivity index (χ2n) is 5.32. The summed E-state index contributed by atoms with van der Waals surface area (Å²) in [5.74, 6) is 0.795. The van der Waals surface area contributed by atoms with E-state index in [0.29, 0.717) is 19.4 Å². The normalized spacial score (nSPS) is 15.4. The quantitative estimate of drug-likeness (QED) is 0.609. The summed E-state index contributed by atoms with van der Waals surface area (Å²) in [5.41, 5.74) is 5.65. The van der Waals surface area contributed by atoms with Gasteiger partial charge in [-0.1, -0.05) is 13.8 Å². The maximum absolute atomic E-state index is 11.7. The number of aliphatic hydroxyl groups is 1. The van der Waals surface area contributed by atoms with Crippen molar-refractivity contribution in [2.24, 2.45) is 11.1 Å². The summed E-state index contributed by atoms with van der Waals surface area (Å²) < 4.78 is 0. The first-order valence-electron chi connectivity index (χ1n) is 5.99. The predicted molar refractivity (Wildman–Crippen MR) is 74.1 cm³/mol. The highest BCUT2D eigenvalue weighted by Gasteiger charge is 2.22. The number of carbonyl (C=O) groups is 1. The lowest BCUT2D eigenvalue weighted by molar-refractivity contribution is -0.122. The van der Waals surface area contributed by atoms with Crippen LogP contribution in [0.4, 0.5) is 0 Å². The fourth-order valence-electron chi connectivity index (χ4n) is 1.71. The van der Waals surface area contributed by atoms with Gasteiger partial charge in [0.2, 0.25) is 5.91 Å². The average molecular weight is 262 g/mol. The van der Waals surface area contributed by atoms with Crippen LogP contribution in [-0.4, -0.2) is 41.7 Å². The standard InChI is InChI=1S/C12H26N2O2S/c1-9(15)7-12(2,3)8-14-11(16)10(13)5-6-17-4/h9-10,15H,5-8,13H2,1-4H3,(H,14,16)/t9?,10-/m0/s1. The SMILES string of the molecule is CSCC[C@H](N)C(=O)NCC(C)(C)CC(C)O. The van der Waals surface area contributed by atoms with E-state index in [-0.39, 0.29) is 17.4 Å². The second-order valence-corrected chi connectivity index (χ2v) is 6.31. The molecule has 0 saturated heterocycles. The van der Waals surface area contributed by atoms with E-state index in [4.69, 9.17) is 5.73 Å². The lowest BCUT2D eigenvalue weighted by Gasteiger charge is -2.27. The zero-order chi connectivity index (χ0) is 13.5. The molecule has 1 unspecified atom stereocenters. The molecule has 0 aliphatic rings. The second kappa shape index (κ2) is 7.95. The zero-order valence-electron chi connectivity index (χ0n) is 11.3. The fourth-order valence-corrected chi connectivity index (χ4v) is 2.19. The molecule has 0 bridgehead atoms. The summed E-state index contributed by atoms with van der Waals surface area (Å²) in [4.78, 5) is 11.7. The van der Waals surface area contributed by atoms with E-state index in [9.17, 15) is 9.90 Å². The maximum Gasteiger partial charge on any atom is 0.236 e. The van der Waals surface area contributed by atoms with E-state index in [1.54, 1.807) is 18.7 Å². The molecular formula is C12H26N2O2S. The number of hydrogen-bond donors (Lipinski definition) is 3. The first-order valence-corrected chi connectivity index (χ1v) is 7.38. The maximum atomic E-state index is 11.7. The van der Waals surface area contributed by atoms with Gasteiger partial charge in [-0.3, -0.25) is 4.79 Å². The molecule has 0 aromatic rings. The number of amides is 1. The van der Waals surface area contributed by atoms with Gasteiger partial charge in [-0.15, -0.1) is 0 Å². The molecule has 102 valence electrons. The van der Waals surface area contributed by atoms with Crippen molar-refractivity contribution in [3.8, 4) is 0 Å². The largest absolute Gasteiger partial charge is 0.393 e. The zero-order valence-corrected chi connectivity index (χ0v) is 12.1. The highest BCUT2D eigenvalue weighted by Crippen LogP contribution is 2.21. The monoisotopic (exact) mass is 262 g/mol. The summed E-state index contributed by atoms with van der Waals surface area (Å²) in [6.07, 6.45) is 3.00. The molecule has 0 aromatic carbocycles. The van der Waals surface area contributed by atoms with Crippen molar-refractivity contribution in [2.45, 2.75) is 45.8 Å². The third kappa shape index (κ3) is 8.46. The van der Waals surface area contributed by atoms with Crippen molar-refractivity contribution in [3.63, 3.8) is 0 Å². The fraction of sp³-hybridized carbons (Fsp3) is 0.917. The molecule has 0 aliphatic heterocycles. The minimum atomic E-state index is -0.426. The molecule has 0 radical (unpaired) electrons. The Morgan fingerprint density at radius 2 is 2.12 bits per heavy atom. The Balaban J connectivity index is 3.97. The molecule has 0 aromatic heterocycles. The molecule has 0 saturated carbocycles. The van der Waals surface area contributed by atoms with Crippen molar-refractivity contribution in [1.82, 2.24) is 5.32 Å². The van der Waals surface area contributed by atoms with Gasteiger partial charge in [0, 0.05) is 6.54 Å². The van der Waals surface area contributed by atoms with E-state index in [0.717, 1.165) is 5.75 Å². The summed E-state index contributed by atoms with van der Waals surface area (Å²) in [6, 6.07) is -0.426. The summed E-state index contributed by atoms with van der Waals surface area (Å²) in [6.45, 7) is 6.35. The molecule has 0 spiro atoms. The molecule has 0 aliphatic carbocycles. The van der Waals surface area contributed by atoms with E-state index in [1.165, 1.54) is 0 Å². The summed E-state index contributed by atoms with van der Waals surface area (Å²) >= 11 is 1.69. The van der Waals surface area contributed by atoms with Crippen molar-refractivity contribution in [1.29, 1.82) is 0 Å². The lowest BCUT2D eigenvalue weighted by Crippen LogP contribution is -2.44. The summed E-state index contributed by atoms with van der Waals surface area (Å²) in [7, 11) is 0. The van der Waals surface area contributed by atoms with Gasteiger partial charge in [0.15, 0.2) is 0 Å². The van der Waals surface area contributed by atoms with Gasteiger partial charge in [-0.05, 0) is 37.2 Å². The number of nitrogens with one attached hydrogen (secondary N) is 1. The Kier molecular flexibility index (Phi) is 7.83. The van der Waals surface area contributed by atoms with E-state index < -0.39 is 6.04 Å². The molecule has 0 rings (SSSR count). The van der Waals surface area contributed by atoms with Crippen molar-refractivity contribution < 1.29 is 9.90 Å². The van der Waals surface area contributed by atoms with E-state index in [2.05, 4.69) is 5.32 Å². The van der Waals surface area contributed by atoms with Crippen LogP contribution in [-0.2, 0) is 4.79 Å². The van der Waals surface area contributed by atoms with Crippen molar-refractivity contribution in [3.05, 3.63) is 0 Å². The van der Waals surface area contributed by atoms with Crippen LogP contribution >= 0.6 is 11.8 Å². The van der Waals surface area contributed by atoms with Crippen LogP contribution in [0.3, 0.4) is 0 Å². The molecule has 17 heavy (non-hydrogen) atoms. The van der Waals surface area contributed by atoms with E-state index >= 15 is 0 Å². The van der Waals surface area contributed by atoms with Crippen LogP contribution in [0.25, 0.3) is 0 Å². The molecule has 1 amide bonds. The predicted octanol–water partition coefficient (Wildman–Crippen LogP) is 0.980. The third-order valence-electron chi connectivity index (χ3n) is 2.56. The van der Waals surface area contributed by atoms with Crippen LogP contribution in [0.1, 0.15) is 33.6 Å². The summed E-state index contributed by atoms with van der Waals surface area (Å²) in [5, 5.41) is 12.2. The minimum absolute atomic E-state index is 0.0993. The first-order chi connectivity index (χ1) is 7.78. The first kappa shape index (κ1) is 16.7. The van der Waals surface area contributed by atoms with Crippen LogP contribution < -0.4 is 11.1 Å². The number of hydrogen-bond acceptors (Lipinski definition) is 4. The van der Waals surface area contributed by atoms with Gasteiger partial charge in [0.05, 0.1) is 12.1 Å². The molecule has 0 heterocycles. The minimum Gasteiger partial charge on any atom is -0.393 e. The number of rotatable bonds is 8. The lowest BCUT2D eigenvalue weighted by atomic mass is 9.87. The Hall–Kier alpha value is -0.260. The number of carbonyl (C=O) groups excluding carboxylic acids is 1. The van der Waals surface area contributed by atoms with Gasteiger partial charge in [0.25, 0.3) is 0 Å². The van der Waals surface area contributed by atoms with Gasteiger partial charge in [-0.2, -0.15) is 11.8 Å². The van der Waals surface area contributed by atoms with Crippen LogP contribution in [0, 0.1) is 5.41 Å². The molecule has 2 atom stereocenters. The van der Waals surface area contributed by atoms with Gasteiger partial charge in [-0.25, -0.2) is 0 Å². The Morgan fingerprint density at radius 3 is 2.59 bits per heavy atom. The highest BCUT2D eigenvalue weighted by atomic mass is 32.2. The number of aliphatic hydroxyl groups excluding tert-OH is 1. The van der Waals surface area contributed by atoms with Crippen LogP contribution in [0.2, 0.25) is 0 Å². The number of thioether (sulfide) groups is 1. The molecular weight excluding hydrogens is 236 g/mol. The van der Waals surface area contributed by atoms with Crippen LogP contribution in [0.5, 0.6) is 0 Å². The highest BCUT2D eigenvalue weighted by molar-refractivity contribution is 7.98. The molecule has 4 N–H and O–H groups in total. The van der Waals surface area contributed by atoms with Crippen molar-refractivity contribution in [2.75, 3.05) is 18.6 Å². The van der Waals surface area contributed by atoms with Gasteiger partial charge in [0.1, 0.15) is 0 Å². The molecule has 0 fully saturated rings. The Bertz CT molecular complexity index is 233. The van der Waals surface area contributed by atoms with Gasteiger partial charge >= 0.3 is 0 Å².